The minimum absolute atomic E-state index is 0.0727. The molecule has 2 amide bonds. The van der Waals surface area contributed by atoms with Crippen LogP contribution in [-0.2, 0) is 16.0 Å². The van der Waals surface area contributed by atoms with Crippen LogP contribution < -0.4 is 11.1 Å². The zero-order valence-corrected chi connectivity index (χ0v) is 10.3. The van der Waals surface area contributed by atoms with Crippen molar-refractivity contribution in [2.45, 2.75) is 38.3 Å². The number of rotatable bonds is 7. The molecule has 2 atom stereocenters. The smallest absolute Gasteiger partial charge is 0.240 e. The van der Waals surface area contributed by atoms with E-state index in [1.54, 1.807) is 6.20 Å². The van der Waals surface area contributed by atoms with Gasteiger partial charge in [0.2, 0.25) is 11.8 Å². The van der Waals surface area contributed by atoms with Crippen molar-refractivity contribution in [2.24, 2.45) is 5.73 Å². The second-order valence-corrected chi connectivity index (χ2v) is 4.11. The lowest BCUT2D eigenvalue weighted by atomic mass is 10.1. The first kappa shape index (κ1) is 14.2. The molecule has 0 spiro atoms. The molecule has 1 aromatic heterocycles. The van der Waals surface area contributed by atoms with E-state index in [0.717, 1.165) is 5.69 Å². The van der Waals surface area contributed by atoms with E-state index in [0.29, 0.717) is 6.42 Å². The molecule has 6 N–H and O–H groups in total. The Kier molecular flexibility index (Phi) is 5.31. The highest BCUT2D eigenvalue weighted by Crippen LogP contribution is 2.01. The van der Waals surface area contributed by atoms with Crippen molar-refractivity contribution >= 4 is 11.8 Å². The molecule has 0 aliphatic rings. The number of H-pyrrole nitrogens is 1. The Morgan fingerprint density at radius 2 is 2.33 bits per heavy atom. The molecule has 0 aliphatic carbocycles. The van der Waals surface area contributed by atoms with Crippen LogP contribution in [0.2, 0.25) is 0 Å². The highest BCUT2D eigenvalue weighted by molar-refractivity contribution is 5.86. The maximum absolute atomic E-state index is 11.6. The van der Waals surface area contributed by atoms with Crippen LogP contribution in [0, 0.1) is 0 Å². The van der Waals surface area contributed by atoms with Gasteiger partial charge in [-0.15, -0.1) is 0 Å². The minimum Gasteiger partial charge on any atom is -0.443 e. The van der Waals surface area contributed by atoms with E-state index in [2.05, 4.69) is 15.3 Å². The summed E-state index contributed by atoms with van der Waals surface area (Å²) in [4.78, 5) is 29.5. The van der Waals surface area contributed by atoms with Crippen molar-refractivity contribution in [3.63, 3.8) is 0 Å². The van der Waals surface area contributed by atoms with E-state index in [1.807, 2.05) is 6.92 Å². The third kappa shape index (κ3) is 4.54. The zero-order valence-electron chi connectivity index (χ0n) is 10.3. The fourth-order valence-electron chi connectivity index (χ4n) is 1.46. The van der Waals surface area contributed by atoms with Crippen LogP contribution >= 0.6 is 0 Å². The number of aromatic nitrogens is 2. The van der Waals surface area contributed by atoms with Gasteiger partial charge in [-0.05, 0) is 0 Å². The molecule has 1 rings (SSSR count). The minimum atomic E-state index is -0.776. The van der Waals surface area contributed by atoms with E-state index < -0.39 is 18.1 Å². The lowest BCUT2D eigenvalue weighted by molar-refractivity contribution is -0.128. The summed E-state index contributed by atoms with van der Waals surface area (Å²) in [5, 5.41) is 10.0. The van der Waals surface area contributed by atoms with Gasteiger partial charge in [0, 0.05) is 24.7 Å². The summed E-state index contributed by atoms with van der Waals surface area (Å²) in [5.74, 6) is -0.934. The average molecular weight is 255 g/mol. The largest absolute Gasteiger partial charge is 0.443 e. The van der Waals surface area contributed by atoms with Crippen molar-refractivity contribution in [2.75, 3.05) is 0 Å². The van der Waals surface area contributed by atoms with Crippen molar-refractivity contribution in [3.8, 4) is 0 Å². The van der Waals surface area contributed by atoms with Gasteiger partial charge >= 0.3 is 0 Å². The number of aromatic amines is 1. The van der Waals surface area contributed by atoms with Gasteiger partial charge in [0.1, 0.15) is 6.04 Å². The number of carbonyl (C=O) groups is 2. The van der Waals surface area contributed by atoms with Crippen LogP contribution in [0.15, 0.2) is 12.5 Å². The number of nitrogens with one attached hydrogen (secondary N) is 2. The fourth-order valence-corrected chi connectivity index (χ4v) is 1.46. The molecule has 1 unspecified atom stereocenters. The van der Waals surface area contributed by atoms with Crippen LogP contribution in [0.4, 0.5) is 0 Å². The topological polar surface area (TPSA) is 124 Å². The van der Waals surface area contributed by atoms with Gasteiger partial charge in [-0.25, -0.2) is 4.98 Å². The van der Waals surface area contributed by atoms with Gasteiger partial charge in [0.25, 0.3) is 0 Å². The number of nitrogens with zero attached hydrogens (tertiary/aromatic N) is 1. The first-order valence-electron chi connectivity index (χ1n) is 5.80. The third-order valence-electron chi connectivity index (χ3n) is 2.58. The molecule has 100 valence electrons. The Bertz CT molecular complexity index is 391. The average Bonchev–Trinajstić information content (AvgIpc) is 2.80. The Morgan fingerprint density at radius 3 is 2.83 bits per heavy atom. The Hall–Kier alpha value is -1.89. The predicted molar refractivity (Wildman–Crippen MR) is 65.7 cm³/mol. The summed E-state index contributed by atoms with van der Waals surface area (Å²) in [6, 6.07) is -0.776. The summed E-state index contributed by atoms with van der Waals surface area (Å²) in [6.07, 6.45) is 3.55. The van der Waals surface area contributed by atoms with Gasteiger partial charge < -0.3 is 21.1 Å². The summed E-state index contributed by atoms with van der Waals surface area (Å²) in [7, 11) is 0. The third-order valence-corrected chi connectivity index (χ3v) is 2.58. The molecule has 1 heterocycles. The van der Waals surface area contributed by atoms with Crippen molar-refractivity contribution in [3.05, 3.63) is 18.2 Å². The molecule has 0 saturated heterocycles. The van der Waals surface area contributed by atoms with E-state index in [9.17, 15) is 9.59 Å². The molecule has 7 nitrogen and oxygen atoms in total. The second kappa shape index (κ2) is 6.75. The van der Waals surface area contributed by atoms with Gasteiger partial charge in [-0.2, -0.15) is 0 Å². The molecule has 0 bridgehead atoms. The number of amides is 2. The molecule has 0 radical (unpaired) electrons. The van der Waals surface area contributed by atoms with Gasteiger partial charge in [-0.1, -0.05) is 6.92 Å². The maximum atomic E-state index is 11.6. The zero-order chi connectivity index (χ0) is 13.5. The van der Waals surface area contributed by atoms with E-state index in [1.165, 1.54) is 6.33 Å². The number of hydrogen-bond acceptors (Lipinski definition) is 3. The molecular formula is C11H19N4O3+. The number of imidazole rings is 1. The van der Waals surface area contributed by atoms with Crippen LogP contribution in [0.3, 0.4) is 0 Å². The van der Waals surface area contributed by atoms with E-state index in [-0.39, 0.29) is 18.7 Å². The van der Waals surface area contributed by atoms with Crippen LogP contribution in [0.25, 0.3) is 0 Å². The molecule has 1 aromatic rings. The van der Waals surface area contributed by atoms with Crippen molar-refractivity contribution < 1.29 is 14.7 Å². The van der Waals surface area contributed by atoms with E-state index >= 15 is 0 Å². The number of hydrogen-bond donors (Lipinski definition) is 3. The van der Waals surface area contributed by atoms with Crippen LogP contribution in [0.1, 0.15) is 25.5 Å². The van der Waals surface area contributed by atoms with E-state index in [4.69, 9.17) is 10.8 Å². The Labute approximate surface area is 105 Å². The van der Waals surface area contributed by atoms with Crippen molar-refractivity contribution in [1.82, 2.24) is 15.3 Å². The summed E-state index contributed by atoms with van der Waals surface area (Å²) < 4.78 is 0. The quantitative estimate of drug-likeness (QED) is 0.531. The standard InChI is InChI=1S/C11H18N4O3/c1-2-8(16)4-10(17)15-9(11(12)18)3-7-5-13-6-14-7/h5-6,8-9,16H,2-4H2,1H3,(H2,12,18)(H,13,14)(H,15,17)/p+1/t8?,9-/m0/s1. The first-order valence-corrected chi connectivity index (χ1v) is 5.80. The summed E-state index contributed by atoms with van der Waals surface area (Å²) >= 11 is 0. The Morgan fingerprint density at radius 1 is 1.61 bits per heavy atom. The lowest BCUT2D eigenvalue weighted by Crippen LogP contribution is -2.46. The molecule has 0 saturated carbocycles. The number of primary amides is 1. The molecular weight excluding hydrogens is 236 g/mol. The van der Waals surface area contributed by atoms with Gasteiger partial charge in [0.05, 0.1) is 12.7 Å². The van der Waals surface area contributed by atoms with Crippen LogP contribution in [-0.4, -0.2) is 39.0 Å². The maximum Gasteiger partial charge on any atom is 0.240 e. The van der Waals surface area contributed by atoms with Crippen LogP contribution in [0.5, 0.6) is 0 Å². The van der Waals surface area contributed by atoms with Crippen molar-refractivity contribution in [1.29, 1.82) is 0 Å². The summed E-state index contributed by atoms with van der Waals surface area (Å²) in [6.45, 7) is 1.83. The summed E-state index contributed by atoms with van der Waals surface area (Å²) in [5.41, 5.74) is 5.95. The highest BCUT2D eigenvalue weighted by Gasteiger charge is 2.21. The molecule has 0 fully saturated rings. The second-order valence-electron chi connectivity index (χ2n) is 4.11. The molecule has 7 heteroatoms. The lowest BCUT2D eigenvalue weighted by Gasteiger charge is -2.15. The highest BCUT2D eigenvalue weighted by atomic mass is 16.3. The fraction of sp³-hybridized carbons (Fsp3) is 0.545. The number of nitrogens with two attached hydrogens (primary N) is 1. The SMILES string of the molecule is CCC([OH2+])CC(=O)N[C@@H](Cc1cnc[nH]1)C(N)=O. The molecule has 0 aliphatic heterocycles. The predicted octanol–water partition coefficient (Wildman–Crippen LogP) is -1.18. The first-order chi connectivity index (χ1) is 8.52. The number of carbonyl (C=O) groups excluding carboxylic acids is 2. The monoisotopic (exact) mass is 255 g/mol. The van der Waals surface area contributed by atoms with Gasteiger partial charge in [-0.3, -0.25) is 9.59 Å². The molecule has 18 heavy (non-hydrogen) atoms. The Balaban J connectivity index is 2.53. The molecule has 0 aromatic carbocycles. The normalized spacial score (nSPS) is 13.9. The van der Waals surface area contributed by atoms with Gasteiger partial charge in [0.15, 0.2) is 6.10 Å².